The Balaban J connectivity index is 3.00. The van der Waals surface area contributed by atoms with Gasteiger partial charge < -0.3 is 5.11 Å². The van der Waals surface area contributed by atoms with Gasteiger partial charge in [0.2, 0.25) is 0 Å². The van der Waals surface area contributed by atoms with E-state index in [2.05, 4.69) is 13.8 Å². The lowest BCUT2D eigenvalue weighted by atomic mass is 10.0. The first-order valence-corrected chi connectivity index (χ1v) is 14.0. The normalized spacial score (nSPS) is 12.5. The first-order valence-electron chi connectivity index (χ1n) is 14.0. The zero-order chi connectivity index (χ0) is 21.3. The van der Waals surface area contributed by atoms with Gasteiger partial charge in [0.1, 0.15) is 0 Å². The summed E-state index contributed by atoms with van der Waals surface area (Å²) in [5.41, 5.74) is 0. The van der Waals surface area contributed by atoms with Crippen LogP contribution in [0.3, 0.4) is 0 Å². The Labute approximate surface area is 185 Å². The van der Waals surface area contributed by atoms with Crippen LogP contribution in [0.15, 0.2) is 0 Å². The highest BCUT2D eigenvalue weighted by molar-refractivity contribution is 4.54. The second-order valence-electron chi connectivity index (χ2n) is 9.63. The summed E-state index contributed by atoms with van der Waals surface area (Å²) in [6, 6.07) is 0. The van der Waals surface area contributed by atoms with Crippen LogP contribution < -0.4 is 0 Å². The maximum absolute atomic E-state index is 9.53. The van der Waals surface area contributed by atoms with Crippen LogP contribution in [0.5, 0.6) is 0 Å². The molecule has 0 aromatic heterocycles. The number of hydrogen-bond acceptors (Lipinski definition) is 1. The van der Waals surface area contributed by atoms with Crippen molar-refractivity contribution in [2.75, 3.05) is 0 Å². The molecule has 0 aliphatic carbocycles. The van der Waals surface area contributed by atoms with Crippen molar-refractivity contribution in [2.24, 2.45) is 0 Å². The Bertz CT molecular complexity index is 275. The second-order valence-corrected chi connectivity index (χ2v) is 9.63. The molecular weight excluding hydrogens is 352 g/mol. The van der Waals surface area contributed by atoms with Crippen LogP contribution >= 0.6 is 0 Å². The van der Waals surface area contributed by atoms with E-state index in [1.165, 1.54) is 148 Å². The highest BCUT2D eigenvalue weighted by atomic mass is 16.3. The highest BCUT2D eigenvalue weighted by Gasteiger charge is 1.99. The molecule has 1 heteroatoms. The van der Waals surface area contributed by atoms with Gasteiger partial charge in [0.15, 0.2) is 0 Å². The topological polar surface area (TPSA) is 20.2 Å². The van der Waals surface area contributed by atoms with Gasteiger partial charge in [0.05, 0.1) is 6.10 Å². The van der Waals surface area contributed by atoms with Gasteiger partial charge in [-0.05, 0) is 12.8 Å². The van der Waals surface area contributed by atoms with Crippen LogP contribution in [0.25, 0.3) is 0 Å². The summed E-state index contributed by atoms with van der Waals surface area (Å²) in [7, 11) is 0. The molecule has 1 N–H and O–H groups in total. The van der Waals surface area contributed by atoms with Crippen LogP contribution in [0, 0.1) is 0 Å². The zero-order valence-electron chi connectivity index (χ0n) is 20.7. The minimum atomic E-state index is -0.0510. The maximum Gasteiger partial charge on any atom is 0.0537 e. The third-order valence-electron chi connectivity index (χ3n) is 6.61. The van der Waals surface area contributed by atoms with E-state index in [9.17, 15) is 5.11 Å². The van der Waals surface area contributed by atoms with Gasteiger partial charge >= 0.3 is 0 Å². The summed E-state index contributed by atoms with van der Waals surface area (Å²) in [5, 5.41) is 9.53. The molecule has 0 saturated carbocycles. The largest absolute Gasteiger partial charge is 0.393 e. The number of aliphatic hydroxyl groups excluding tert-OH is 1. The Morgan fingerprint density at radius 3 is 0.862 bits per heavy atom. The van der Waals surface area contributed by atoms with E-state index in [-0.39, 0.29) is 6.10 Å². The summed E-state index contributed by atoms with van der Waals surface area (Å²) >= 11 is 0. The van der Waals surface area contributed by atoms with Crippen molar-refractivity contribution in [1.29, 1.82) is 0 Å². The molecule has 176 valence electrons. The molecule has 0 aromatic rings. The molecule has 0 bridgehead atoms. The van der Waals surface area contributed by atoms with Crippen LogP contribution in [0.4, 0.5) is 0 Å². The molecule has 1 unspecified atom stereocenters. The average molecular weight is 411 g/mol. The number of rotatable bonds is 25. The first-order chi connectivity index (χ1) is 14.3. The van der Waals surface area contributed by atoms with Crippen LogP contribution in [0.2, 0.25) is 0 Å². The quantitative estimate of drug-likeness (QED) is 0.148. The number of hydrogen-bond donors (Lipinski definition) is 1. The predicted octanol–water partition coefficient (Wildman–Crippen LogP) is 10.1. The van der Waals surface area contributed by atoms with Crippen molar-refractivity contribution < 1.29 is 5.11 Å². The number of aliphatic hydroxyl groups is 1. The van der Waals surface area contributed by atoms with Gasteiger partial charge in [0.25, 0.3) is 0 Å². The van der Waals surface area contributed by atoms with Gasteiger partial charge in [0, 0.05) is 0 Å². The minimum Gasteiger partial charge on any atom is -0.393 e. The summed E-state index contributed by atoms with van der Waals surface area (Å²) in [4.78, 5) is 0. The summed E-state index contributed by atoms with van der Waals surface area (Å²) < 4.78 is 0. The predicted molar refractivity (Wildman–Crippen MR) is 133 cm³/mol. The van der Waals surface area contributed by atoms with E-state index in [0.717, 1.165) is 12.8 Å². The van der Waals surface area contributed by atoms with E-state index in [0.29, 0.717) is 0 Å². The zero-order valence-corrected chi connectivity index (χ0v) is 20.7. The van der Waals surface area contributed by atoms with Crippen molar-refractivity contribution in [1.82, 2.24) is 0 Å². The smallest absolute Gasteiger partial charge is 0.0537 e. The molecular formula is C28H58O. The van der Waals surface area contributed by atoms with E-state index in [4.69, 9.17) is 0 Å². The van der Waals surface area contributed by atoms with Crippen molar-refractivity contribution in [3.8, 4) is 0 Å². The van der Waals surface area contributed by atoms with Crippen molar-refractivity contribution in [2.45, 2.75) is 180 Å². The minimum absolute atomic E-state index is 0.0510. The van der Waals surface area contributed by atoms with Crippen LogP contribution in [-0.4, -0.2) is 11.2 Å². The van der Waals surface area contributed by atoms with E-state index >= 15 is 0 Å². The second kappa shape index (κ2) is 26.0. The molecule has 0 heterocycles. The molecule has 0 aliphatic rings. The van der Waals surface area contributed by atoms with Gasteiger partial charge in [-0.2, -0.15) is 0 Å². The van der Waals surface area contributed by atoms with E-state index in [1.807, 2.05) is 0 Å². The lowest BCUT2D eigenvalue weighted by Crippen LogP contribution is -2.03. The Morgan fingerprint density at radius 2 is 0.621 bits per heavy atom. The summed E-state index contributed by atoms with van der Waals surface area (Å²) in [6.45, 7) is 4.37. The third kappa shape index (κ3) is 25.9. The Morgan fingerprint density at radius 1 is 0.379 bits per heavy atom. The van der Waals surface area contributed by atoms with E-state index in [1.54, 1.807) is 0 Å². The van der Waals surface area contributed by atoms with Crippen LogP contribution in [-0.2, 0) is 0 Å². The molecule has 0 radical (unpaired) electrons. The van der Waals surface area contributed by atoms with Gasteiger partial charge in [-0.1, -0.05) is 162 Å². The molecule has 0 rings (SSSR count). The van der Waals surface area contributed by atoms with Crippen molar-refractivity contribution in [3.63, 3.8) is 0 Å². The fourth-order valence-electron chi connectivity index (χ4n) is 4.37. The molecule has 1 nitrogen and oxygen atoms in total. The molecule has 0 spiro atoms. The monoisotopic (exact) mass is 410 g/mol. The fourth-order valence-corrected chi connectivity index (χ4v) is 4.37. The lowest BCUT2D eigenvalue weighted by Gasteiger charge is -2.06. The molecule has 0 aromatic carbocycles. The first kappa shape index (κ1) is 29.0. The molecule has 0 fully saturated rings. The lowest BCUT2D eigenvalue weighted by molar-refractivity contribution is 0.156. The maximum atomic E-state index is 9.53. The molecule has 29 heavy (non-hydrogen) atoms. The van der Waals surface area contributed by atoms with E-state index < -0.39 is 0 Å². The summed E-state index contributed by atoms with van der Waals surface area (Å²) in [5.74, 6) is 0. The number of unbranched alkanes of at least 4 members (excludes halogenated alkanes) is 22. The van der Waals surface area contributed by atoms with Crippen molar-refractivity contribution >= 4 is 0 Å². The molecule has 0 saturated heterocycles. The Hall–Kier alpha value is -0.0400. The molecule has 1 atom stereocenters. The fraction of sp³-hybridized carbons (Fsp3) is 1.00. The van der Waals surface area contributed by atoms with Crippen LogP contribution in [0.1, 0.15) is 174 Å². The summed E-state index contributed by atoms with van der Waals surface area (Å²) in [6.07, 6.45) is 34.9. The SMILES string of the molecule is CCCCCCCCCCCCCCCCCCCCCCCCCC(O)CC. The third-order valence-corrected chi connectivity index (χ3v) is 6.61. The van der Waals surface area contributed by atoms with Gasteiger partial charge in [-0.25, -0.2) is 0 Å². The highest BCUT2D eigenvalue weighted by Crippen LogP contribution is 2.15. The Kier molecular flexibility index (Phi) is 26.0. The average Bonchev–Trinajstić information content (AvgIpc) is 2.74. The van der Waals surface area contributed by atoms with Gasteiger partial charge in [-0.15, -0.1) is 0 Å². The molecule has 0 amide bonds. The standard InChI is InChI=1S/C28H58O/c1-3-5-6-7-8-9-10-11-12-13-14-15-16-17-18-19-20-21-22-23-24-25-26-27-28(29)4-2/h28-29H,3-27H2,1-2H3. The van der Waals surface area contributed by atoms with Gasteiger partial charge in [-0.3, -0.25) is 0 Å². The molecule has 0 aliphatic heterocycles. The van der Waals surface area contributed by atoms with Crippen molar-refractivity contribution in [3.05, 3.63) is 0 Å².